The summed E-state index contributed by atoms with van der Waals surface area (Å²) in [6, 6.07) is 0.0503. The lowest BCUT2D eigenvalue weighted by Gasteiger charge is -2.38. The molecule has 0 aromatic rings. The topological polar surface area (TPSA) is 52.3 Å². The predicted molar refractivity (Wildman–Crippen MR) is 65.1 cm³/mol. The molecule has 0 aliphatic heterocycles. The van der Waals surface area contributed by atoms with Crippen molar-refractivity contribution in [2.24, 2.45) is 35.3 Å². The van der Waals surface area contributed by atoms with E-state index >= 15 is 0 Å². The molecule has 0 radical (unpaired) electrons. The zero-order chi connectivity index (χ0) is 12.0. The molecule has 0 aromatic heterocycles. The van der Waals surface area contributed by atoms with Crippen molar-refractivity contribution in [1.82, 2.24) is 0 Å². The van der Waals surface area contributed by atoms with Gasteiger partial charge in [0.1, 0.15) is 0 Å². The molecule has 4 saturated carbocycles. The van der Waals surface area contributed by atoms with Gasteiger partial charge in [-0.2, -0.15) is 0 Å². The maximum Gasteiger partial charge on any atom is 0.310 e. The number of fused-ring (bicyclic) bond motifs is 1. The third-order valence-electron chi connectivity index (χ3n) is 5.24. The van der Waals surface area contributed by atoms with Crippen LogP contribution in [0.3, 0.4) is 0 Å². The summed E-state index contributed by atoms with van der Waals surface area (Å²) in [4.78, 5) is 12.1. The SMILES string of the molecule is CCOC(=O)[C@@H]1C2CC3CC(C2)CC(C3)[C@@H]1N. The lowest BCUT2D eigenvalue weighted by Crippen LogP contribution is -2.43. The number of ether oxygens (including phenoxy) is 1. The van der Waals surface area contributed by atoms with Gasteiger partial charge in [0.15, 0.2) is 0 Å². The number of esters is 1. The fourth-order valence-electron chi connectivity index (χ4n) is 4.76. The van der Waals surface area contributed by atoms with Crippen LogP contribution in [0.4, 0.5) is 0 Å². The Morgan fingerprint density at radius 2 is 1.71 bits per heavy atom. The van der Waals surface area contributed by atoms with Crippen LogP contribution < -0.4 is 5.73 Å². The number of hydrogen-bond donors (Lipinski definition) is 1. The van der Waals surface area contributed by atoms with Crippen LogP contribution in [0.25, 0.3) is 0 Å². The number of carbonyl (C=O) groups excluding carboxylic acids is 1. The van der Waals surface area contributed by atoms with Crippen molar-refractivity contribution >= 4 is 5.97 Å². The first-order chi connectivity index (χ1) is 8.19. The molecule has 0 spiro atoms. The first-order valence-electron chi connectivity index (χ1n) is 7.11. The smallest absolute Gasteiger partial charge is 0.310 e. The van der Waals surface area contributed by atoms with Gasteiger partial charge in [0.05, 0.1) is 12.5 Å². The quantitative estimate of drug-likeness (QED) is 0.747. The third-order valence-corrected chi connectivity index (χ3v) is 5.24. The van der Waals surface area contributed by atoms with E-state index in [4.69, 9.17) is 10.5 Å². The summed E-state index contributed by atoms with van der Waals surface area (Å²) in [6.45, 7) is 2.36. The lowest BCUT2D eigenvalue weighted by molar-refractivity contribution is -0.151. The van der Waals surface area contributed by atoms with Crippen molar-refractivity contribution in [3.8, 4) is 0 Å². The largest absolute Gasteiger partial charge is 0.466 e. The Hall–Kier alpha value is -0.570. The van der Waals surface area contributed by atoms with Crippen LogP contribution in [0.1, 0.15) is 39.0 Å². The molecular weight excluding hydrogens is 214 g/mol. The highest BCUT2D eigenvalue weighted by atomic mass is 16.5. The molecule has 4 rings (SSSR count). The molecule has 2 N–H and O–H groups in total. The van der Waals surface area contributed by atoms with Crippen molar-refractivity contribution in [2.75, 3.05) is 6.61 Å². The van der Waals surface area contributed by atoms with Gasteiger partial charge < -0.3 is 10.5 Å². The number of nitrogens with two attached hydrogens (primary N) is 1. The van der Waals surface area contributed by atoms with Gasteiger partial charge in [0, 0.05) is 6.04 Å². The minimum absolute atomic E-state index is 0.0183. The Bertz CT molecular complexity index is 303. The molecule has 0 heterocycles. The van der Waals surface area contributed by atoms with Crippen LogP contribution in [0.5, 0.6) is 0 Å². The summed E-state index contributed by atoms with van der Waals surface area (Å²) in [5.74, 6) is 2.69. The van der Waals surface area contributed by atoms with Gasteiger partial charge in [-0.25, -0.2) is 0 Å². The zero-order valence-electron chi connectivity index (χ0n) is 10.6. The minimum Gasteiger partial charge on any atom is -0.466 e. The summed E-state index contributed by atoms with van der Waals surface area (Å²) >= 11 is 0. The molecule has 4 bridgehead atoms. The van der Waals surface area contributed by atoms with E-state index < -0.39 is 0 Å². The van der Waals surface area contributed by atoms with Crippen molar-refractivity contribution < 1.29 is 9.53 Å². The Morgan fingerprint density at radius 1 is 1.12 bits per heavy atom. The maximum atomic E-state index is 12.1. The van der Waals surface area contributed by atoms with E-state index in [0.29, 0.717) is 18.4 Å². The van der Waals surface area contributed by atoms with E-state index in [1.54, 1.807) is 0 Å². The van der Waals surface area contributed by atoms with Crippen LogP contribution in [0.2, 0.25) is 0 Å². The average Bonchev–Trinajstić information content (AvgIpc) is 2.41. The second-order valence-corrected chi connectivity index (χ2v) is 6.29. The average molecular weight is 237 g/mol. The number of hydrogen-bond acceptors (Lipinski definition) is 3. The maximum absolute atomic E-state index is 12.1. The van der Waals surface area contributed by atoms with Gasteiger partial charge in [-0.15, -0.1) is 0 Å². The van der Waals surface area contributed by atoms with Crippen molar-refractivity contribution in [1.29, 1.82) is 0 Å². The molecule has 0 aromatic carbocycles. The summed E-state index contributed by atoms with van der Waals surface area (Å²) in [7, 11) is 0. The molecule has 4 aliphatic rings. The Labute approximate surface area is 103 Å². The third kappa shape index (κ3) is 1.88. The van der Waals surface area contributed by atoms with Crippen molar-refractivity contribution in [3.63, 3.8) is 0 Å². The number of rotatable bonds is 2. The summed E-state index contributed by atoms with van der Waals surface area (Å²) in [5, 5.41) is 0. The van der Waals surface area contributed by atoms with E-state index in [2.05, 4.69) is 0 Å². The van der Waals surface area contributed by atoms with Gasteiger partial charge >= 0.3 is 5.97 Å². The molecule has 4 atom stereocenters. The molecule has 3 nitrogen and oxygen atoms in total. The molecule has 96 valence electrons. The van der Waals surface area contributed by atoms with Gasteiger partial charge in [0.2, 0.25) is 0 Å². The van der Waals surface area contributed by atoms with E-state index in [1.807, 2.05) is 6.92 Å². The van der Waals surface area contributed by atoms with Gasteiger partial charge in [0.25, 0.3) is 0 Å². The van der Waals surface area contributed by atoms with Crippen molar-refractivity contribution in [3.05, 3.63) is 0 Å². The Balaban J connectivity index is 1.86. The van der Waals surface area contributed by atoms with Crippen molar-refractivity contribution in [2.45, 2.75) is 45.1 Å². The summed E-state index contributed by atoms with van der Waals surface area (Å²) in [5.41, 5.74) is 6.38. The first-order valence-corrected chi connectivity index (χ1v) is 7.11. The second kappa shape index (κ2) is 4.27. The molecule has 3 heteroatoms. The van der Waals surface area contributed by atoms with E-state index in [1.165, 1.54) is 32.1 Å². The highest BCUT2D eigenvalue weighted by molar-refractivity contribution is 5.74. The first kappa shape index (κ1) is 11.5. The van der Waals surface area contributed by atoms with Crippen LogP contribution in [-0.4, -0.2) is 18.6 Å². The molecule has 0 amide bonds. The molecular formula is C14H23NO2. The lowest BCUT2D eigenvalue weighted by atomic mass is 9.67. The van der Waals surface area contributed by atoms with Gasteiger partial charge in [-0.3, -0.25) is 4.79 Å². The number of carbonyl (C=O) groups is 1. The van der Waals surface area contributed by atoms with E-state index in [0.717, 1.165) is 11.8 Å². The monoisotopic (exact) mass is 237 g/mol. The van der Waals surface area contributed by atoms with E-state index in [-0.39, 0.29) is 17.9 Å². The normalized spacial score (nSPS) is 47.9. The fraction of sp³-hybridized carbons (Fsp3) is 0.929. The van der Waals surface area contributed by atoms with Crippen LogP contribution in [0, 0.1) is 29.6 Å². The highest BCUT2D eigenvalue weighted by Gasteiger charge is 2.50. The van der Waals surface area contributed by atoms with Crippen LogP contribution in [-0.2, 0) is 9.53 Å². The highest BCUT2D eigenvalue weighted by Crippen LogP contribution is 2.52. The fourth-order valence-corrected chi connectivity index (χ4v) is 4.76. The Kier molecular flexibility index (Phi) is 2.89. The summed E-state index contributed by atoms with van der Waals surface area (Å²) in [6.07, 6.45) is 6.32. The molecule has 17 heavy (non-hydrogen) atoms. The second-order valence-electron chi connectivity index (χ2n) is 6.29. The zero-order valence-corrected chi connectivity index (χ0v) is 10.6. The van der Waals surface area contributed by atoms with E-state index in [9.17, 15) is 4.79 Å². The summed E-state index contributed by atoms with van der Waals surface area (Å²) < 4.78 is 5.25. The van der Waals surface area contributed by atoms with Crippen LogP contribution >= 0.6 is 0 Å². The van der Waals surface area contributed by atoms with Gasteiger partial charge in [-0.1, -0.05) is 0 Å². The Morgan fingerprint density at radius 3 is 2.29 bits per heavy atom. The standard InChI is InChI=1S/C14H23NO2/c1-2-17-14(16)12-10-4-8-3-9(5-10)7-11(6-8)13(12)15/h8-13H,2-7,15H2,1H3/t8?,9?,10?,11?,12-,13+/m1/s1. The van der Waals surface area contributed by atoms with Gasteiger partial charge in [-0.05, 0) is 62.7 Å². The van der Waals surface area contributed by atoms with Crippen LogP contribution in [0.15, 0.2) is 0 Å². The minimum atomic E-state index is -0.0294. The predicted octanol–water partition coefficient (Wildman–Crippen LogP) is 1.95. The molecule has 4 aliphatic carbocycles. The molecule has 0 saturated heterocycles. The molecule has 2 unspecified atom stereocenters. The molecule has 4 fully saturated rings.